The monoisotopic (exact) mass is 453 g/mol. The Morgan fingerprint density at radius 3 is 2.61 bits per heavy atom. The van der Waals surface area contributed by atoms with Crippen molar-refractivity contribution in [2.45, 2.75) is 6.54 Å². The molecule has 6 nitrogen and oxygen atoms in total. The van der Waals surface area contributed by atoms with Crippen molar-refractivity contribution in [1.29, 1.82) is 0 Å². The molecule has 0 aliphatic carbocycles. The number of benzene rings is 3. The molecule has 0 aliphatic heterocycles. The predicted octanol–water partition coefficient (Wildman–Crippen LogP) is 5.74. The Morgan fingerprint density at radius 2 is 1.79 bits per heavy atom. The van der Waals surface area contributed by atoms with Gasteiger partial charge < -0.3 is 9.55 Å². The molecule has 0 spiro atoms. The van der Waals surface area contributed by atoms with Crippen molar-refractivity contribution in [1.82, 2.24) is 14.5 Å². The fourth-order valence-electron chi connectivity index (χ4n) is 3.68. The lowest BCUT2D eigenvalue weighted by molar-refractivity contribution is 0.103. The van der Waals surface area contributed by atoms with E-state index in [1.807, 2.05) is 85.1 Å². The van der Waals surface area contributed by atoms with Gasteiger partial charge in [0, 0.05) is 28.7 Å². The van der Waals surface area contributed by atoms with Gasteiger partial charge in [0.25, 0.3) is 0 Å². The normalized spacial score (nSPS) is 11.3. The Labute approximate surface area is 195 Å². The second-order valence-corrected chi connectivity index (χ2v) is 8.00. The zero-order chi connectivity index (χ0) is 22.6. The van der Waals surface area contributed by atoms with Crippen molar-refractivity contribution in [2.75, 3.05) is 5.43 Å². The molecule has 2 N–H and O–H groups in total. The van der Waals surface area contributed by atoms with E-state index in [1.165, 1.54) is 0 Å². The summed E-state index contributed by atoms with van der Waals surface area (Å²) in [6.45, 7) is 0.631. The molecule has 7 heteroatoms. The third-order valence-corrected chi connectivity index (χ3v) is 5.53. The van der Waals surface area contributed by atoms with Crippen molar-refractivity contribution in [3.63, 3.8) is 0 Å². The summed E-state index contributed by atoms with van der Waals surface area (Å²) in [6, 6.07) is 25.2. The summed E-state index contributed by atoms with van der Waals surface area (Å²) in [5.74, 6) is 0.0993. The van der Waals surface area contributed by atoms with Crippen LogP contribution in [0.15, 0.2) is 96.4 Å². The molecular formula is C26H20ClN5O. The van der Waals surface area contributed by atoms with Crippen LogP contribution in [-0.4, -0.2) is 26.5 Å². The van der Waals surface area contributed by atoms with Crippen molar-refractivity contribution < 1.29 is 4.79 Å². The van der Waals surface area contributed by atoms with E-state index < -0.39 is 0 Å². The summed E-state index contributed by atoms with van der Waals surface area (Å²) >= 11 is 6.01. The number of fused-ring (bicyclic) bond motifs is 1. The van der Waals surface area contributed by atoms with E-state index in [9.17, 15) is 4.79 Å². The maximum absolute atomic E-state index is 13.3. The van der Waals surface area contributed by atoms with Gasteiger partial charge in [0.1, 0.15) is 0 Å². The third-order valence-electron chi connectivity index (χ3n) is 5.28. The fourth-order valence-corrected chi connectivity index (χ4v) is 3.80. The first-order chi connectivity index (χ1) is 16.2. The van der Waals surface area contributed by atoms with Crippen LogP contribution in [0.2, 0.25) is 5.02 Å². The largest absolute Gasteiger partial charge is 0.342 e. The highest BCUT2D eigenvalue weighted by atomic mass is 35.5. The molecule has 0 atom stereocenters. The number of carbonyl (C=O) groups is 1. The average Bonchev–Trinajstić information content (AvgIpc) is 3.46. The molecule has 2 heterocycles. The number of aromatic nitrogens is 3. The Bertz CT molecular complexity index is 1430. The van der Waals surface area contributed by atoms with Crippen LogP contribution in [0.1, 0.15) is 27.4 Å². The number of hydrazone groups is 1. The first kappa shape index (κ1) is 20.7. The number of imidazole rings is 1. The molecule has 0 amide bonds. The van der Waals surface area contributed by atoms with Gasteiger partial charge in [-0.3, -0.25) is 10.2 Å². The molecule has 0 bridgehead atoms. The summed E-state index contributed by atoms with van der Waals surface area (Å²) in [5.41, 5.74) is 7.13. The van der Waals surface area contributed by atoms with Crippen LogP contribution >= 0.6 is 11.6 Å². The van der Waals surface area contributed by atoms with Crippen LogP contribution in [-0.2, 0) is 6.54 Å². The van der Waals surface area contributed by atoms with E-state index in [2.05, 4.69) is 25.1 Å². The quantitative estimate of drug-likeness (QED) is 0.187. The van der Waals surface area contributed by atoms with E-state index in [-0.39, 0.29) is 11.6 Å². The maximum Gasteiger partial charge on any atom is 0.230 e. The van der Waals surface area contributed by atoms with E-state index in [0.717, 1.165) is 22.2 Å². The van der Waals surface area contributed by atoms with Crippen LogP contribution in [0.4, 0.5) is 5.69 Å². The minimum Gasteiger partial charge on any atom is -0.342 e. The predicted molar refractivity (Wildman–Crippen MR) is 132 cm³/mol. The minimum atomic E-state index is -0.170. The minimum absolute atomic E-state index is 0.170. The SMILES string of the molecule is O=C(c1ncc(/C=N/Nc2ccccc2)[nH]1)c1cn(Cc2ccc(Cl)cc2)c2ccccc12. The molecule has 162 valence electrons. The molecule has 5 aromatic rings. The topological polar surface area (TPSA) is 75.1 Å². The lowest BCUT2D eigenvalue weighted by Crippen LogP contribution is -2.04. The molecule has 0 saturated heterocycles. The smallest absolute Gasteiger partial charge is 0.230 e. The van der Waals surface area contributed by atoms with Gasteiger partial charge in [-0.2, -0.15) is 5.10 Å². The van der Waals surface area contributed by atoms with Crippen LogP contribution in [0.3, 0.4) is 0 Å². The zero-order valence-corrected chi connectivity index (χ0v) is 18.3. The number of aromatic amines is 1. The van der Waals surface area contributed by atoms with E-state index >= 15 is 0 Å². The van der Waals surface area contributed by atoms with Gasteiger partial charge in [-0.05, 0) is 35.9 Å². The fraction of sp³-hybridized carbons (Fsp3) is 0.0385. The molecule has 33 heavy (non-hydrogen) atoms. The Hall–Kier alpha value is -4.16. The Morgan fingerprint density at radius 1 is 1.03 bits per heavy atom. The average molecular weight is 454 g/mol. The Kier molecular flexibility index (Phi) is 5.74. The van der Waals surface area contributed by atoms with Crippen molar-refractivity contribution in [2.24, 2.45) is 5.10 Å². The number of carbonyl (C=O) groups excluding carboxylic acids is 1. The van der Waals surface area contributed by atoms with Gasteiger partial charge in [0.15, 0.2) is 5.82 Å². The molecule has 0 fully saturated rings. The number of nitrogens with zero attached hydrogens (tertiary/aromatic N) is 3. The van der Waals surface area contributed by atoms with E-state index in [1.54, 1.807) is 12.4 Å². The molecule has 2 aromatic heterocycles. The van der Waals surface area contributed by atoms with Gasteiger partial charge >= 0.3 is 0 Å². The number of ketones is 1. The van der Waals surface area contributed by atoms with Crippen molar-refractivity contribution in [3.05, 3.63) is 119 Å². The van der Waals surface area contributed by atoms with Gasteiger partial charge in [-0.15, -0.1) is 0 Å². The third kappa shape index (κ3) is 4.56. The van der Waals surface area contributed by atoms with E-state index in [0.29, 0.717) is 22.8 Å². The van der Waals surface area contributed by atoms with Gasteiger partial charge in [0.05, 0.1) is 29.4 Å². The van der Waals surface area contributed by atoms with Crippen LogP contribution < -0.4 is 5.43 Å². The highest BCUT2D eigenvalue weighted by molar-refractivity contribution is 6.30. The number of rotatable bonds is 7. The second-order valence-electron chi connectivity index (χ2n) is 7.57. The van der Waals surface area contributed by atoms with Gasteiger partial charge in [-0.25, -0.2) is 4.98 Å². The highest BCUT2D eigenvalue weighted by Crippen LogP contribution is 2.24. The molecule has 5 rings (SSSR count). The first-order valence-electron chi connectivity index (χ1n) is 10.4. The Balaban J connectivity index is 1.39. The van der Waals surface area contributed by atoms with Crippen LogP contribution in [0, 0.1) is 0 Å². The summed E-state index contributed by atoms with van der Waals surface area (Å²) in [4.78, 5) is 20.6. The zero-order valence-electron chi connectivity index (χ0n) is 17.6. The highest BCUT2D eigenvalue weighted by Gasteiger charge is 2.19. The van der Waals surface area contributed by atoms with Gasteiger partial charge in [-0.1, -0.05) is 60.1 Å². The lowest BCUT2D eigenvalue weighted by Gasteiger charge is -2.05. The van der Waals surface area contributed by atoms with E-state index in [4.69, 9.17) is 11.6 Å². The lowest BCUT2D eigenvalue weighted by atomic mass is 10.1. The standard InChI is InChI=1S/C26H20ClN5O/c27-19-12-10-18(11-13-19)16-32-17-23(22-8-4-5-9-24(22)32)25(33)26-28-14-21(30-26)15-29-31-20-6-2-1-3-7-20/h1-15,17,31H,16H2,(H,28,30)/b29-15+. The molecule has 0 unspecified atom stereocenters. The summed E-state index contributed by atoms with van der Waals surface area (Å²) in [7, 11) is 0. The second kappa shape index (κ2) is 9.14. The molecule has 0 radical (unpaired) electrons. The number of anilines is 1. The number of para-hydroxylation sites is 2. The molecule has 3 aromatic carbocycles. The van der Waals surface area contributed by atoms with Crippen LogP contribution in [0.25, 0.3) is 10.9 Å². The molecule has 0 aliphatic rings. The number of nitrogens with one attached hydrogen (secondary N) is 2. The summed E-state index contributed by atoms with van der Waals surface area (Å²) < 4.78 is 2.07. The summed E-state index contributed by atoms with van der Waals surface area (Å²) in [5, 5.41) is 5.77. The maximum atomic E-state index is 13.3. The number of hydrogen-bond donors (Lipinski definition) is 2. The van der Waals surface area contributed by atoms with Crippen LogP contribution in [0.5, 0.6) is 0 Å². The van der Waals surface area contributed by atoms with Gasteiger partial charge in [0.2, 0.25) is 5.78 Å². The molecule has 0 saturated carbocycles. The molecular weight excluding hydrogens is 434 g/mol. The van der Waals surface area contributed by atoms with Crippen molar-refractivity contribution in [3.8, 4) is 0 Å². The first-order valence-corrected chi connectivity index (χ1v) is 10.8. The number of H-pyrrole nitrogens is 1. The number of hydrogen-bond acceptors (Lipinski definition) is 4. The summed E-state index contributed by atoms with van der Waals surface area (Å²) in [6.07, 6.45) is 5.08. The number of halogens is 1. The van der Waals surface area contributed by atoms with Crippen molar-refractivity contribution >= 4 is 40.2 Å².